The second-order valence-electron chi connectivity index (χ2n) is 4.17. The molecule has 0 aliphatic rings. The van der Waals surface area contributed by atoms with Crippen LogP contribution in [-0.2, 0) is 6.42 Å². The van der Waals surface area contributed by atoms with E-state index >= 15 is 0 Å². The minimum Gasteiger partial charge on any atom is -0.497 e. The summed E-state index contributed by atoms with van der Waals surface area (Å²) in [4.78, 5) is 8.10. The van der Waals surface area contributed by atoms with Crippen molar-refractivity contribution in [1.82, 2.24) is 9.97 Å². The van der Waals surface area contributed by atoms with Crippen molar-refractivity contribution in [2.75, 3.05) is 19.0 Å². The molecule has 1 aromatic heterocycles. The normalized spacial score (nSPS) is 10.3. The quantitative estimate of drug-likeness (QED) is 0.853. The number of anilines is 1. The molecule has 0 bridgehead atoms. The van der Waals surface area contributed by atoms with Crippen LogP contribution in [0.4, 0.5) is 5.82 Å². The molecule has 2 aromatic rings. The molecule has 5 heteroatoms. The maximum atomic E-state index is 5.94. The summed E-state index contributed by atoms with van der Waals surface area (Å²) in [5.41, 5.74) is 2.08. The molecule has 0 fully saturated rings. The highest BCUT2D eigenvalue weighted by molar-refractivity contribution is 6.30. The predicted octanol–water partition coefficient (Wildman–Crippen LogP) is 3.10. The van der Waals surface area contributed by atoms with Gasteiger partial charge in [0.1, 0.15) is 23.0 Å². The molecule has 0 amide bonds. The Balaban J connectivity index is 1.94. The molecule has 0 saturated carbocycles. The zero-order valence-corrected chi connectivity index (χ0v) is 11.7. The number of nitrogens with one attached hydrogen (secondary N) is 1. The third-order valence-electron chi connectivity index (χ3n) is 2.86. The minimum atomic E-state index is 0.485. The average Bonchev–Trinajstić information content (AvgIpc) is 2.44. The fourth-order valence-corrected chi connectivity index (χ4v) is 1.89. The van der Waals surface area contributed by atoms with Gasteiger partial charge in [-0.3, -0.25) is 0 Å². The highest BCUT2D eigenvalue weighted by Gasteiger charge is 2.04. The molecule has 0 radical (unpaired) electrons. The first-order chi connectivity index (χ1) is 9.20. The van der Waals surface area contributed by atoms with Crippen LogP contribution in [0.3, 0.4) is 0 Å². The largest absolute Gasteiger partial charge is 0.497 e. The highest BCUT2D eigenvalue weighted by Crippen LogP contribution is 2.18. The maximum Gasteiger partial charge on any atom is 0.137 e. The van der Waals surface area contributed by atoms with Gasteiger partial charge < -0.3 is 10.1 Å². The van der Waals surface area contributed by atoms with E-state index in [0.717, 1.165) is 30.1 Å². The number of nitrogens with zero attached hydrogens (tertiary/aromatic N) is 2. The van der Waals surface area contributed by atoms with Crippen molar-refractivity contribution in [3.8, 4) is 5.75 Å². The summed E-state index contributed by atoms with van der Waals surface area (Å²) in [5, 5.41) is 3.75. The van der Waals surface area contributed by atoms with Gasteiger partial charge in [0, 0.05) is 12.1 Å². The zero-order valence-electron chi connectivity index (χ0n) is 11.0. The molecule has 2 rings (SSSR count). The number of ether oxygens (including phenoxy) is 1. The van der Waals surface area contributed by atoms with Gasteiger partial charge in [-0.25, -0.2) is 9.97 Å². The second kappa shape index (κ2) is 6.38. The van der Waals surface area contributed by atoms with Crippen LogP contribution < -0.4 is 10.1 Å². The van der Waals surface area contributed by atoms with Crippen molar-refractivity contribution >= 4 is 17.4 Å². The van der Waals surface area contributed by atoms with Crippen LogP contribution in [0.1, 0.15) is 11.1 Å². The molecule has 0 aliphatic carbocycles. The van der Waals surface area contributed by atoms with E-state index in [-0.39, 0.29) is 0 Å². The van der Waals surface area contributed by atoms with Gasteiger partial charge in [0.05, 0.1) is 7.11 Å². The molecule has 4 nitrogen and oxygen atoms in total. The SMILES string of the molecule is COc1cccc(CCNc2ncnc(Cl)c2C)c1. The van der Waals surface area contributed by atoms with Crippen LogP contribution in [0, 0.1) is 6.92 Å². The highest BCUT2D eigenvalue weighted by atomic mass is 35.5. The molecule has 0 atom stereocenters. The summed E-state index contributed by atoms with van der Waals surface area (Å²) in [7, 11) is 1.67. The number of benzene rings is 1. The Labute approximate surface area is 117 Å². The molecule has 1 N–H and O–H groups in total. The Morgan fingerprint density at radius 2 is 2.16 bits per heavy atom. The number of rotatable bonds is 5. The van der Waals surface area contributed by atoms with Crippen LogP contribution in [0.15, 0.2) is 30.6 Å². The Bertz CT molecular complexity index is 560. The van der Waals surface area contributed by atoms with Gasteiger partial charge in [-0.15, -0.1) is 0 Å². The summed E-state index contributed by atoms with van der Waals surface area (Å²) in [6.07, 6.45) is 2.35. The van der Waals surface area contributed by atoms with E-state index in [1.807, 2.05) is 25.1 Å². The predicted molar refractivity (Wildman–Crippen MR) is 77.0 cm³/mol. The lowest BCUT2D eigenvalue weighted by molar-refractivity contribution is 0.414. The van der Waals surface area contributed by atoms with Crippen molar-refractivity contribution < 1.29 is 4.74 Å². The zero-order chi connectivity index (χ0) is 13.7. The van der Waals surface area contributed by atoms with Gasteiger partial charge in [0.25, 0.3) is 0 Å². The van der Waals surface area contributed by atoms with Crippen molar-refractivity contribution in [2.24, 2.45) is 0 Å². The van der Waals surface area contributed by atoms with Gasteiger partial charge in [0.15, 0.2) is 0 Å². The van der Waals surface area contributed by atoms with E-state index in [4.69, 9.17) is 16.3 Å². The Morgan fingerprint density at radius 1 is 1.32 bits per heavy atom. The second-order valence-corrected chi connectivity index (χ2v) is 4.52. The third kappa shape index (κ3) is 3.58. The number of hydrogen-bond acceptors (Lipinski definition) is 4. The van der Waals surface area contributed by atoms with E-state index in [1.54, 1.807) is 7.11 Å². The molecule has 0 unspecified atom stereocenters. The van der Waals surface area contributed by atoms with Crippen LogP contribution in [0.2, 0.25) is 5.15 Å². The standard InChI is InChI=1S/C14H16ClN3O/c1-10-13(15)17-9-18-14(10)16-7-6-11-4-3-5-12(8-11)19-2/h3-5,8-9H,6-7H2,1-2H3,(H,16,17,18). The van der Waals surface area contributed by atoms with Gasteiger partial charge in [-0.2, -0.15) is 0 Å². The molecule has 0 spiro atoms. The van der Waals surface area contributed by atoms with Crippen molar-refractivity contribution in [3.05, 3.63) is 46.9 Å². The fraction of sp³-hybridized carbons (Fsp3) is 0.286. The van der Waals surface area contributed by atoms with Gasteiger partial charge in [0.2, 0.25) is 0 Å². The van der Waals surface area contributed by atoms with Crippen molar-refractivity contribution in [3.63, 3.8) is 0 Å². The number of hydrogen-bond donors (Lipinski definition) is 1. The summed E-state index contributed by atoms with van der Waals surface area (Å²) in [6.45, 7) is 2.68. The Hall–Kier alpha value is -1.81. The van der Waals surface area contributed by atoms with Crippen molar-refractivity contribution in [2.45, 2.75) is 13.3 Å². The van der Waals surface area contributed by atoms with Crippen LogP contribution in [0.5, 0.6) is 5.75 Å². The van der Waals surface area contributed by atoms with E-state index in [0.29, 0.717) is 5.15 Å². The first-order valence-electron chi connectivity index (χ1n) is 6.04. The molecule has 0 aliphatic heterocycles. The first-order valence-corrected chi connectivity index (χ1v) is 6.42. The number of methoxy groups -OCH3 is 1. The summed E-state index contributed by atoms with van der Waals surface area (Å²) in [6, 6.07) is 8.03. The van der Waals surface area contributed by atoms with E-state index in [1.165, 1.54) is 11.9 Å². The van der Waals surface area contributed by atoms with Crippen LogP contribution >= 0.6 is 11.6 Å². The third-order valence-corrected chi connectivity index (χ3v) is 3.24. The molecule has 0 saturated heterocycles. The topological polar surface area (TPSA) is 47.0 Å². The first kappa shape index (κ1) is 13.6. The molecule has 1 heterocycles. The average molecular weight is 278 g/mol. The lowest BCUT2D eigenvalue weighted by Crippen LogP contribution is -2.08. The van der Waals surface area contributed by atoms with Crippen molar-refractivity contribution in [1.29, 1.82) is 0 Å². The Kier molecular flexibility index (Phi) is 4.58. The smallest absolute Gasteiger partial charge is 0.137 e. The Morgan fingerprint density at radius 3 is 2.95 bits per heavy atom. The fourth-order valence-electron chi connectivity index (χ4n) is 1.76. The molecule has 100 valence electrons. The van der Waals surface area contributed by atoms with Gasteiger partial charge in [-0.05, 0) is 31.0 Å². The number of aromatic nitrogens is 2. The summed E-state index contributed by atoms with van der Waals surface area (Å²) in [5.74, 6) is 1.65. The monoisotopic (exact) mass is 277 g/mol. The summed E-state index contributed by atoms with van der Waals surface area (Å²) >= 11 is 5.94. The van der Waals surface area contributed by atoms with E-state index in [9.17, 15) is 0 Å². The molecule has 19 heavy (non-hydrogen) atoms. The summed E-state index contributed by atoms with van der Waals surface area (Å²) < 4.78 is 5.20. The van der Waals surface area contributed by atoms with Gasteiger partial charge >= 0.3 is 0 Å². The van der Waals surface area contributed by atoms with Crippen LogP contribution in [0.25, 0.3) is 0 Å². The van der Waals surface area contributed by atoms with Gasteiger partial charge in [-0.1, -0.05) is 23.7 Å². The van der Waals surface area contributed by atoms with E-state index in [2.05, 4.69) is 21.4 Å². The molecular weight excluding hydrogens is 262 g/mol. The maximum absolute atomic E-state index is 5.94. The lowest BCUT2D eigenvalue weighted by Gasteiger charge is -2.09. The minimum absolute atomic E-state index is 0.485. The van der Waals surface area contributed by atoms with Crippen LogP contribution in [-0.4, -0.2) is 23.6 Å². The molecule has 1 aromatic carbocycles. The van der Waals surface area contributed by atoms with E-state index < -0.39 is 0 Å². The number of halogens is 1. The molecular formula is C14H16ClN3O. The lowest BCUT2D eigenvalue weighted by atomic mass is 10.1.